The van der Waals surface area contributed by atoms with E-state index in [9.17, 15) is 4.79 Å². The van der Waals surface area contributed by atoms with Gasteiger partial charge in [0.1, 0.15) is 29.7 Å². The number of carbonyl (C=O) groups is 1. The number of benzene rings is 1. The van der Waals surface area contributed by atoms with Crippen molar-refractivity contribution in [2.24, 2.45) is 0 Å². The SMILES string of the molecule is Cc1onc(-c2ccccc2Cl)c1C(=O)NC(=S)Nn1cnnc1. The van der Waals surface area contributed by atoms with E-state index < -0.39 is 5.91 Å². The third-order valence-corrected chi connectivity index (χ3v) is 3.62. The molecule has 0 unspecified atom stereocenters. The van der Waals surface area contributed by atoms with Gasteiger partial charge in [0.2, 0.25) is 0 Å². The van der Waals surface area contributed by atoms with Crippen LogP contribution >= 0.6 is 23.8 Å². The Labute approximate surface area is 146 Å². The molecule has 0 atom stereocenters. The summed E-state index contributed by atoms with van der Waals surface area (Å²) in [5.74, 6) is -0.108. The number of halogens is 1. The zero-order valence-corrected chi connectivity index (χ0v) is 13.9. The number of hydrogen-bond acceptors (Lipinski definition) is 6. The van der Waals surface area contributed by atoms with Crippen LogP contribution in [0.15, 0.2) is 41.4 Å². The first-order valence-corrected chi connectivity index (χ1v) is 7.53. The van der Waals surface area contributed by atoms with Gasteiger partial charge in [0.05, 0.1) is 5.02 Å². The molecule has 0 aliphatic carbocycles. The molecular formula is C14H11ClN6O2S. The van der Waals surface area contributed by atoms with Crippen molar-refractivity contribution in [1.82, 2.24) is 25.3 Å². The molecule has 8 nitrogen and oxygen atoms in total. The first-order chi connectivity index (χ1) is 11.6. The summed E-state index contributed by atoms with van der Waals surface area (Å²) in [5.41, 5.74) is 3.92. The molecule has 2 aromatic heterocycles. The van der Waals surface area contributed by atoms with Crippen LogP contribution in [0.3, 0.4) is 0 Å². The van der Waals surface area contributed by atoms with Gasteiger partial charge >= 0.3 is 0 Å². The van der Waals surface area contributed by atoms with Crippen molar-refractivity contribution in [3.8, 4) is 11.3 Å². The summed E-state index contributed by atoms with van der Waals surface area (Å²) in [6.45, 7) is 1.64. The Bertz CT molecular complexity index is 893. The lowest BCUT2D eigenvalue weighted by Crippen LogP contribution is -2.37. The van der Waals surface area contributed by atoms with Gasteiger partial charge in [0.25, 0.3) is 5.91 Å². The molecule has 3 aromatic rings. The van der Waals surface area contributed by atoms with Crippen molar-refractivity contribution < 1.29 is 9.32 Å². The number of hydrogen-bond donors (Lipinski definition) is 2. The minimum absolute atomic E-state index is 0.0745. The lowest BCUT2D eigenvalue weighted by molar-refractivity contribution is 0.0976. The first-order valence-electron chi connectivity index (χ1n) is 6.74. The number of aryl methyl sites for hydroxylation is 1. The highest BCUT2D eigenvalue weighted by Crippen LogP contribution is 2.30. The second-order valence-electron chi connectivity index (χ2n) is 4.71. The van der Waals surface area contributed by atoms with E-state index in [4.69, 9.17) is 28.3 Å². The molecule has 10 heteroatoms. The second kappa shape index (κ2) is 6.77. The van der Waals surface area contributed by atoms with Crippen molar-refractivity contribution in [2.75, 3.05) is 5.43 Å². The van der Waals surface area contributed by atoms with Crippen LogP contribution in [0.2, 0.25) is 5.02 Å². The van der Waals surface area contributed by atoms with E-state index >= 15 is 0 Å². The first kappa shape index (κ1) is 16.1. The number of amides is 1. The van der Waals surface area contributed by atoms with E-state index in [1.165, 1.54) is 17.3 Å². The molecule has 2 N–H and O–H groups in total. The average Bonchev–Trinajstić information content (AvgIpc) is 3.17. The summed E-state index contributed by atoms with van der Waals surface area (Å²) in [4.78, 5) is 12.5. The molecule has 0 radical (unpaired) electrons. The Kier molecular flexibility index (Phi) is 4.54. The molecule has 3 rings (SSSR count). The smallest absolute Gasteiger partial charge is 0.263 e. The summed E-state index contributed by atoms with van der Waals surface area (Å²) in [6.07, 6.45) is 2.80. The number of carbonyl (C=O) groups excluding carboxylic acids is 1. The summed E-state index contributed by atoms with van der Waals surface area (Å²) < 4.78 is 6.56. The average molecular weight is 363 g/mol. The lowest BCUT2D eigenvalue weighted by atomic mass is 10.1. The highest BCUT2D eigenvalue weighted by Gasteiger charge is 2.23. The van der Waals surface area contributed by atoms with Gasteiger partial charge in [-0.15, -0.1) is 10.2 Å². The van der Waals surface area contributed by atoms with Crippen LogP contribution in [0.25, 0.3) is 11.3 Å². The number of nitrogens with zero attached hydrogens (tertiary/aromatic N) is 4. The van der Waals surface area contributed by atoms with E-state index in [2.05, 4.69) is 26.1 Å². The maximum atomic E-state index is 12.5. The molecule has 122 valence electrons. The molecular weight excluding hydrogens is 352 g/mol. The van der Waals surface area contributed by atoms with Crippen LogP contribution < -0.4 is 10.7 Å². The molecule has 0 bridgehead atoms. The summed E-state index contributed by atoms with van der Waals surface area (Å²) >= 11 is 11.3. The predicted molar refractivity (Wildman–Crippen MR) is 91.1 cm³/mol. The fraction of sp³-hybridized carbons (Fsp3) is 0.0714. The Morgan fingerprint density at radius 2 is 2.00 bits per heavy atom. The standard InChI is InChI=1S/C14H11ClN6O2S/c1-8-11(12(20-23-8)9-4-2-3-5-10(9)15)13(22)18-14(24)19-21-6-16-17-7-21/h2-7H,1H3,(H2,18,19,22,24). The minimum atomic E-state index is -0.464. The van der Waals surface area contributed by atoms with E-state index in [0.29, 0.717) is 22.0 Å². The maximum absolute atomic E-state index is 12.5. The van der Waals surface area contributed by atoms with Crippen LogP contribution in [0.4, 0.5) is 0 Å². The van der Waals surface area contributed by atoms with Crippen LogP contribution in [0, 0.1) is 6.92 Å². The molecule has 0 aliphatic heterocycles. The Morgan fingerprint density at radius 3 is 2.71 bits per heavy atom. The molecule has 0 saturated carbocycles. The van der Waals surface area contributed by atoms with E-state index in [0.717, 1.165) is 0 Å². The largest absolute Gasteiger partial charge is 0.360 e. The zero-order chi connectivity index (χ0) is 17.1. The Morgan fingerprint density at radius 1 is 1.29 bits per heavy atom. The topological polar surface area (TPSA) is 97.9 Å². The molecule has 0 spiro atoms. The fourth-order valence-corrected chi connectivity index (χ4v) is 2.47. The molecule has 0 fully saturated rings. The van der Waals surface area contributed by atoms with Gasteiger partial charge in [0, 0.05) is 5.56 Å². The van der Waals surface area contributed by atoms with E-state index in [1.54, 1.807) is 31.2 Å². The molecule has 1 aromatic carbocycles. The predicted octanol–water partition coefficient (Wildman–Crippen LogP) is 2.15. The summed E-state index contributed by atoms with van der Waals surface area (Å²) in [5, 5.41) is 14.3. The molecule has 24 heavy (non-hydrogen) atoms. The van der Waals surface area contributed by atoms with Gasteiger partial charge in [-0.3, -0.25) is 15.5 Å². The maximum Gasteiger partial charge on any atom is 0.263 e. The van der Waals surface area contributed by atoms with Crippen molar-refractivity contribution in [1.29, 1.82) is 0 Å². The summed E-state index contributed by atoms with van der Waals surface area (Å²) in [7, 11) is 0. The third kappa shape index (κ3) is 3.26. The van der Waals surface area contributed by atoms with E-state index in [-0.39, 0.29) is 10.7 Å². The monoisotopic (exact) mass is 362 g/mol. The van der Waals surface area contributed by atoms with Crippen molar-refractivity contribution in [3.05, 3.63) is 53.3 Å². The van der Waals surface area contributed by atoms with Crippen molar-refractivity contribution in [3.63, 3.8) is 0 Å². The van der Waals surface area contributed by atoms with Crippen LogP contribution in [-0.4, -0.2) is 31.0 Å². The van der Waals surface area contributed by atoms with Crippen molar-refractivity contribution >= 4 is 34.8 Å². The normalized spacial score (nSPS) is 10.4. The highest BCUT2D eigenvalue weighted by atomic mass is 35.5. The number of thiocarbonyl (C=S) groups is 1. The third-order valence-electron chi connectivity index (χ3n) is 3.10. The summed E-state index contributed by atoms with van der Waals surface area (Å²) in [6, 6.07) is 7.05. The molecule has 0 aliphatic rings. The van der Waals surface area contributed by atoms with Gasteiger partial charge in [0.15, 0.2) is 5.11 Å². The van der Waals surface area contributed by atoms with Gasteiger partial charge in [-0.25, -0.2) is 4.68 Å². The van der Waals surface area contributed by atoms with Gasteiger partial charge < -0.3 is 4.52 Å². The highest BCUT2D eigenvalue weighted by molar-refractivity contribution is 7.80. The number of rotatable bonds is 3. The Balaban J connectivity index is 1.84. The minimum Gasteiger partial charge on any atom is -0.360 e. The Hall–Kier alpha value is -2.78. The molecule has 1 amide bonds. The molecule has 2 heterocycles. The quantitative estimate of drug-likeness (QED) is 0.689. The van der Waals surface area contributed by atoms with E-state index in [1.807, 2.05) is 0 Å². The van der Waals surface area contributed by atoms with Crippen LogP contribution in [0.1, 0.15) is 16.1 Å². The van der Waals surface area contributed by atoms with Gasteiger partial charge in [-0.2, -0.15) is 0 Å². The second-order valence-corrected chi connectivity index (χ2v) is 5.52. The van der Waals surface area contributed by atoms with Crippen LogP contribution in [-0.2, 0) is 0 Å². The van der Waals surface area contributed by atoms with Gasteiger partial charge in [-0.05, 0) is 25.2 Å². The van der Waals surface area contributed by atoms with Crippen molar-refractivity contribution in [2.45, 2.75) is 6.92 Å². The zero-order valence-electron chi connectivity index (χ0n) is 12.4. The number of nitrogens with one attached hydrogen (secondary N) is 2. The van der Waals surface area contributed by atoms with Crippen LogP contribution in [0.5, 0.6) is 0 Å². The fourth-order valence-electron chi connectivity index (χ4n) is 2.05. The molecule has 0 saturated heterocycles. The van der Waals surface area contributed by atoms with Gasteiger partial charge in [-0.1, -0.05) is 35.0 Å². The number of aromatic nitrogens is 4. The lowest BCUT2D eigenvalue weighted by Gasteiger charge is -2.09.